The number of aromatic nitrogens is 3. The summed E-state index contributed by atoms with van der Waals surface area (Å²) in [5.41, 5.74) is 2.07. The highest BCUT2D eigenvalue weighted by atomic mass is 15.0. The van der Waals surface area contributed by atoms with Gasteiger partial charge in [0.1, 0.15) is 11.9 Å². The number of nitriles is 1. The summed E-state index contributed by atoms with van der Waals surface area (Å²) in [6, 6.07) is 11.8. The minimum Gasteiger partial charge on any atom is -0.338 e. The number of benzene rings is 1. The predicted molar refractivity (Wildman–Crippen MR) is 71.8 cm³/mol. The molecule has 0 fully saturated rings. The summed E-state index contributed by atoms with van der Waals surface area (Å²) in [5.74, 6) is 0.580. The molecule has 0 aliphatic carbocycles. The van der Waals surface area contributed by atoms with Crippen molar-refractivity contribution in [3.05, 3.63) is 54.6 Å². The quantitative estimate of drug-likeness (QED) is 0.753. The first-order valence-electron chi connectivity index (χ1n) is 5.69. The molecule has 0 amide bonds. The van der Waals surface area contributed by atoms with Crippen LogP contribution in [0.1, 0.15) is 5.69 Å². The lowest BCUT2D eigenvalue weighted by molar-refractivity contribution is 1.16. The second-order valence-corrected chi connectivity index (χ2v) is 3.94. The number of fused-ring (bicyclic) bond motifs is 1. The van der Waals surface area contributed by atoms with Gasteiger partial charge < -0.3 is 5.32 Å². The van der Waals surface area contributed by atoms with Crippen molar-refractivity contribution in [2.24, 2.45) is 0 Å². The van der Waals surface area contributed by atoms with Crippen LogP contribution in [-0.4, -0.2) is 15.0 Å². The number of hydrogen-bond acceptors (Lipinski definition) is 5. The lowest BCUT2D eigenvalue weighted by Crippen LogP contribution is -1.96. The molecule has 19 heavy (non-hydrogen) atoms. The predicted octanol–water partition coefficient (Wildman–Crippen LogP) is 2.64. The van der Waals surface area contributed by atoms with Crippen LogP contribution in [0.3, 0.4) is 0 Å². The number of para-hydroxylation sites is 1. The Morgan fingerprint density at radius 1 is 1.00 bits per heavy atom. The van der Waals surface area contributed by atoms with Gasteiger partial charge in [0.25, 0.3) is 0 Å². The van der Waals surface area contributed by atoms with Crippen LogP contribution in [0.5, 0.6) is 0 Å². The van der Waals surface area contributed by atoms with Gasteiger partial charge in [0.15, 0.2) is 5.69 Å². The Kier molecular flexibility index (Phi) is 2.75. The summed E-state index contributed by atoms with van der Waals surface area (Å²) >= 11 is 0. The topological polar surface area (TPSA) is 74.5 Å². The Bertz CT molecular complexity index is 759. The van der Waals surface area contributed by atoms with E-state index in [0.717, 1.165) is 16.6 Å². The third-order valence-corrected chi connectivity index (χ3v) is 2.63. The van der Waals surface area contributed by atoms with Crippen LogP contribution in [0.4, 0.5) is 11.5 Å². The average Bonchev–Trinajstić information content (AvgIpc) is 2.48. The number of hydrogen-bond donors (Lipinski definition) is 1. The second-order valence-electron chi connectivity index (χ2n) is 3.94. The van der Waals surface area contributed by atoms with Gasteiger partial charge in [-0.3, -0.25) is 4.98 Å². The van der Waals surface area contributed by atoms with Gasteiger partial charge in [-0.25, -0.2) is 9.97 Å². The van der Waals surface area contributed by atoms with Crippen molar-refractivity contribution in [2.75, 3.05) is 5.32 Å². The van der Waals surface area contributed by atoms with Crippen molar-refractivity contribution in [3.63, 3.8) is 0 Å². The highest BCUT2D eigenvalue weighted by Crippen LogP contribution is 2.18. The number of rotatable bonds is 2. The maximum absolute atomic E-state index is 8.65. The molecule has 0 radical (unpaired) electrons. The third kappa shape index (κ3) is 2.33. The second kappa shape index (κ2) is 4.70. The molecule has 5 nitrogen and oxygen atoms in total. The lowest BCUT2D eigenvalue weighted by Gasteiger charge is -2.05. The fourth-order valence-electron chi connectivity index (χ4n) is 1.74. The van der Waals surface area contributed by atoms with E-state index in [-0.39, 0.29) is 0 Å². The van der Waals surface area contributed by atoms with Gasteiger partial charge >= 0.3 is 0 Å². The van der Waals surface area contributed by atoms with E-state index in [0.29, 0.717) is 11.5 Å². The van der Waals surface area contributed by atoms with Crippen molar-refractivity contribution in [1.82, 2.24) is 15.0 Å². The summed E-state index contributed by atoms with van der Waals surface area (Å²) in [6.07, 6.45) is 4.69. The van der Waals surface area contributed by atoms with Gasteiger partial charge in [-0.2, -0.15) is 5.26 Å². The highest BCUT2D eigenvalue weighted by Gasteiger charge is 2.00. The maximum Gasteiger partial charge on any atom is 0.158 e. The molecular formula is C14H9N5. The highest BCUT2D eigenvalue weighted by molar-refractivity contribution is 5.82. The molecule has 1 aromatic carbocycles. The smallest absolute Gasteiger partial charge is 0.158 e. The van der Waals surface area contributed by atoms with Gasteiger partial charge in [0.05, 0.1) is 29.8 Å². The fourth-order valence-corrected chi connectivity index (χ4v) is 1.74. The monoisotopic (exact) mass is 247 g/mol. The van der Waals surface area contributed by atoms with Crippen molar-refractivity contribution >= 4 is 22.4 Å². The van der Waals surface area contributed by atoms with Crippen LogP contribution >= 0.6 is 0 Å². The van der Waals surface area contributed by atoms with Crippen LogP contribution < -0.4 is 5.32 Å². The van der Waals surface area contributed by atoms with Crippen LogP contribution in [0.2, 0.25) is 0 Å². The Labute approximate surface area is 109 Å². The van der Waals surface area contributed by atoms with Gasteiger partial charge in [-0.15, -0.1) is 0 Å². The Morgan fingerprint density at radius 3 is 2.68 bits per heavy atom. The minimum atomic E-state index is 0.294. The Balaban J connectivity index is 1.90. The summed E-state index contributed by atoms with van der Waals surface area (Å²) < 4.78 is 0. The first-order valence-corrected chi connectivity index (χ1v) is 5.69. The first-order chi connectivity index (χ1) is 9.35. The molecule has 90 valence electrons. The lowest BCUT2D eigenvalue weighted by atomic mass is 10.2. The van der Waals surface area contributed by atoms with Gasteiger partial charge in [-0.05, 0) is 12.1 Å². The SMILES string of the molecule is N#Cc1cnc(Nc2cnc3ccccc3c2)cn1. The number of anilines is 2. The molecule has 2 aromatic heterocycles. The molecule has 0 spiro atoms. The van der Waals surface area contributed by atoms with E-state index in [4.69, 9.17) is 5.26 Å². The molecule has 0 bridgehead atoms. The third-order valence-electron chi connectivity index (χ3n) is 2.63. The zero-order chi connectivity index (χ0) is 13.1. The van der Waals surface area contributed by atoms with Gasteiger partial charge in [0, 0.05) is 5.39 Å². The average molecular weight is 247 g/mol. The zero-order valence-electron chi connectivity index (χ0n) is 9.91. The molecule has 1 N–H and O–H groups in total. The van der Waals surface area contributed by atoms with Crippen molar-refractivity contribution in [1.29, 1.82) is 5.26 Å². The normalized spacial score (nSPS) is 10.1. The van der Waals surface area contributed by atoms with E-state index in [1.165, 1.54) is 12.4 Å². The Morgan fingerprint density at radius 2 is 1.89 bits per heavy atom. The molecule has 3 aromatic rings. The fraction of sp³-hybridized carbons (Fsp3) is 0. The van der Waals surface area contributed by atoms with Crippen LogP contribution in [-0.2, 0) is 0 Å². The van der Waals surface area contributed by atoms with Crippen molar-refractivity contribution in [2.45, 2.75) is 0 Å². The van der Waals surface area contributed by atoms with Crippen LogP contribution in [0, 0.1) is 11.3 Å². The summed E-state index contributed by atoms with van der Waals surface area (Å²) in [4.78, 5) is 12.4. The van der Waals surface area contributed by atoms with E-state index in [9.17, 15) is 0 Å². The molecule has 0 unspecified atom stereocenters. The molecule has 0 aliphatic heterocycles. The first kappa shape index (κ1) is 11.1. The zero-order valence-corrected chi connectivity index (χ0v) is 9.91. The minimum absolute atomic E-state index is 0.294. The number of nitrogens with one attached hydrogen (secondary N) is 1. The molecule has 0 saturated carbocycles. The van der Waals surface area contributed by atoms with E-state index in [2.05, 4.69) is 20.3 Å². The molecule has 3 rings (SSSR count). The van der Waals surface area contributed by atoms with E-state index >= 15 is 0 Å². The van der Waals surface area contributed by atoms with E-state index < -0.39 is 0 Å². The molecular weight excluding hydrogens is 238 g/mol. The van der Waals surface area contributed by atoms with E-state index in [1.807, 2.05) is 36.4 Å². The molecule has 5 heteroatoms. The molecule has 2 heterocycles. The summed E-state index contributed by atoms with van der Waals surface area (Å²) in [5, 5.41) is 12.8. The number of pyridine rings is 1. The van der Waals surface area contributed by atoms with Crippen molar-refractivity contribution < 1.29 is 0 Å². The van der Waals surface area contributed by atoms with E-state index in [1.54, 1.807) is 6.20 Å². The standard InChI is InChI=1S/C14H9N5/c15-6-12-8-18-14(9-16-12)19-11-5-10-3-1-2-4-13(10)17-7-11/h1-5,7-9H,(H,18,19). The van der Waals surface area contributed by atoms with Crippen LogP contribution in [0.25, 0.3) is 10.9 Å². The molecule has 0 saturated heterocycles. The van der Waals surface area contributed by atoms with Gasteiger partial charge in [-0.1, -0.05) is 18.2 Å². The van der Waals surface area contributed by atoms with Crippen LogP contribution in [0.15, 0.2) is 48.9 Å². The Hall–Kier alpha value is -3.00. The largest absolute Gasteiger partial charge is 0.338 e. The molecule has 0 aliphatic rings. The molecule has 0 atom stereocenters. The maximum atomic E-state index is 8.65. The summed E-state index contributed by atoms with van der Waals surface area (Å²) in [7, 11) is 0. The van der Waals surface area contributed by atoms with Gasteiger partial charge in [0.2, 0.25) is 0 Å². The summed E-state index contributed by atoms with van der Waals surface area (Å²) in [6.45, 7) is 0. The van der Waals surface area contributed by atoms with Crippen molar-refractivity contribution in [3.8, 4) is 6.07 Å². The number of nitrogens with zero attached hydrogens (tertiary/aromatic N) is 4.